The molecule has 1 aromatic heterocycles. The lowest BCUT2D eigenvalue weighted by molar-refractivity contribution is -0.132. The minimum atomic E-state index is -2.82. The SMILES string of the molecule is O=C(N[C@H]1COc2ccc(CCOC(F)F)cc2C1)c1cc2n(n1)C[C@H](CCOC(F)F)O2. The van der Waals surface area contributed by atoms with Crippen LogP contribution in [0.3, 0.4) is 0 Å². The van der Waals surface area contributed by atoms with Gasteiger partial charge in [-0.25, -0.2) is 4.68 Å². The number of amides is 1. The Kier molecular flexibility index (Phi) is 7.33. The van der Waals surface area contributed by atoms with Crippen LogP contribution in [0.15, 0.2) is 24.3 Å². The average molecular weight is 473 g/mol. The number of aromatic nitrogens is 2. The summed E-state index contributed by atoms with van der Waals surface area (Å²) in [6.07, 6.45) is 0.793. The van der Waals surface area contributed by atoms with E-state index in [9.17, 15) is 22.4 Å². The Morgan fingerprint density at radius 2 is 1.97 bits per heavy atom. The van der Waals surface area contributed by atoms with Gasteiger partial charge in [-0.1, -0.05) is 12.1 Å². The third kappa shape index (κ3) is 6.14. The molecule has 33 heavy (non-hydrogen) atoms. The van der Waals surface area contributed by atoms with Gasteiger partial charge in [0.15, 0.2) is 5.69 Å². The number of ether oxygens (including phenoxy) is 4. The molecule has 8 nitrogen and oxygen atoms in total. The van der Waals surface area contributed by atoms with Crippen LogP contribution in [-0.2, 0) is 28.9 Å². The third-order valence-corrected chi connectivity index (χ3v) is 5.32. The monoisotopic (exact) mass is 473 g/mol. The smallest absolute Gasteiger partial charge is 0.345 e. The van der Waals surface area contributed by atoms with Crippen LogP contribution in [0.2, 0.25) is 0 Å². The second-order valence-corrected chi connectivity index (χ2v) is 7.72. The van der Waals surface area contributed by atoms with E-state index in [0.717, 1.165) is 11.1 Å². The molecule has 1 amide bonds. The summed E-state index contributed by atoms with van der Waals surface area (Å²) in [5.41, 5.74) is 1.88. The molecule has 4 rings (SSSR count). The molecule has 0 aliphatic carbocycles. The summed E-state index contributed by atoms with van der Waals surface area (Å²) < 4.78 is 69.8. The molecule has 1 N–H and O–H groups in total. The fourth-order valence-corrected chi connectivity index (χ4v) is 3.80. The normalized spacial score (nSPS) is 19.2. The number of hydrogen-bond acceptors (Lipinski definition) is 6. The number of nitrogens with zero attached hydrogens (tertiary/aromatic N) is 2. The Labute approximate surface area is 186 Å². The highest BCUT2D eigenvalue weighted by molar-refractivity contribution is 5.92. The van der Waals surface area contributed by atoms with E-state index < -0.39 is 19.1 Å². The summed E-state index contributed by atoms with van der Waals surface area (Å²) in [5, 5.41) is 7.11. The van der Waals surface area contributed by atoms with Crippen molar-refractivity contribution in [1.82, 2.24) is 15.1 Å². The van der Waals surface area contributed by atoms with Crippen molar-refractivity contribution in [3.63, 3.8) is 0 Å². The summed E-state index contributed by atoms with van der Waals surface area (Å²) in [7, 11) is 0. The zero-order valence-electron chi connectivity index (χ0n) is 17.5. The van der Waals surface area contributed by atoms with Crippen LogP contribution in [0, 0.1) is 0 Å². The number of carbonyl (C=O) groups excluding carboxylic acids is 1. The molecular formula is C21H23F4N3O5. The molecule has 2 aliphatic heterocycles. The molecule has 3 heterocycles. The molecule has 0 fully saturated rings. The van der Waals surface area contributed by atoms with Gasteiger partial charge in [-0.2, -0.15) is 22.7 Å². The Bertz CT molecular complexity index is 948. The number of fused-ring (bicyclic) bond motifs is 2. The zero-order chi connectivity index (χ0) is 23.4. The first kappa shape index (κ1) is 23.3. The van der Waals surface area contributed by atoms with Crippen molar-refractivity contribution in [1.29, 1.82) is 0 Å². The lowest BCUT2D eigenvalue weighted by Gasteiger charge is -2.26. The van der Waals surface area contributed by atoms with Crippen LogP contribution in [0.4, 0.5) is 17.6 Å². The molecule has 0 saturated carbocycles. The van der Waals surface area contributed by atoms with E-state index in [1.54, 1.807) is 12.1 Å². The molecule has 0 radical (unpaired) electrons. The third-order valence-electron chi connectivity index (χ3n) is 5.32. The standard InChI is InChI=1S/C21H23F4N3O5/c22-20(23)30-5-3-12-1-2-17-13(7-12)8-14(11-32-17)26-19(29)16-9-18-28(27-16)10-15(33-18)4-6-31-21(24)25/h1-2,7,9,14-15,20-21H,3-6,8,10-11H2,(H,26,29)/t14-,15+/m1/s1. The highest BCUT2D eigenvalue weighted by Crippen LogP contribution is 2.27. The summed E-state index contributed by atoms with van der Waals surface area (Å²) in [5.74, 6) is 0.690. The highest BCUT2D eigenvalue weighted by Gasteiger charge is 2.28. The second kappa shape index (κ2) is 10.4. The van der Waals surface area contributed by atoms with Crippen LogP contribution in [0.1, 0.15) is 28.0 Å². The van der Waals surface area contributed by atoms with Crippen LogP contribution < -0.4 is 14.8 Å². The van der Waals surface area contributed by atoms with Crippen molar-refractivity contribution < 1.29 is 41.3 Å². The number of halogens is 4. The second-order valence-electron chi connectivity index (χ2n) is 7.72. The van der Waals surface area contributed by atoms with E-state index >= 15 is 0 Å². The molecular weight excluding hydrogens is 450 g/mol. The number of nitrogens with one attached hydrogen (secondary N) is 1. The molecule has 0 bridgehead atoms. The first-order valence-corrected chi connectivity index (χ1v) is 10.5. The van der Waals surface area contributed by atoms with Crippen LogP contribution in [-0.4, -0.2) is 60.9 Å². The summed E-state index contributed by atoms with van der Waals surface area (Å²) in [4.78, 5) is 12.6. The summed E-state index contributed by atoms with van der Waals surface area (Å²) in [6.45, 7) is -5.23. The predicted octanol–water partition coefficient (Wildman–Crippen LogP) is 2.79. The van der Waals surface area contributed by atoms with Crippen molar-refractivity contribution in [2.24, 2.45) is 0 Å². The fourth-order valence-electron chi connectivity index (χ4n) is 3.80. The van der Waals surface area contributed by atoms with E-state index in [4.69, 9.17) is 9.47 Å². The topological polar surface area (TPSA) is 83.8 Å². The summed E-state index contributed by atoms with van der Waals surface area (Å²) in [6, 6.07) is 6.65. The van der Waals surface area contributed by atoms with Crippen LogP contribution >= 0.6 is 0 Å². The van der Waals surface area contributed by atoms with Crippen molar-refractivity contribution in [2.45, 2.75) is 51.2 Å². The Hall–Kier alpha value is -2.86. The maximum absolute atomic E-state index is 12.6. The Morgan fingerprint density at radius 1 is 1.18 bits per heavy atom. The quantitative estimate of drug-likeness (QED) is 0.535. The fraction of sp³-hybridized carbons (Fsp3) is 0.524. The first-order chi connectivity index (χ1) is 15.9. The van der Waals surface area contributed by atoms with E-state index in [-0.39, 0.29) is 44.1 Å². The van der Waals surface area contributed by atoms with Gasteiger partial charge in [-0.05, 0) is 30.0 Å². The maximum atomic E-state index is 12.6. The molecule has 1 aromatic carbocycles. The number of rotatable bonds is 10. The summed E-state index contributed by atoms with van der Waals surface area (Å²) >= 11 is 0. The predicted molar refractivity (Wildman–Crippen MR) is 106 cm³/mol. The molecule has 2 aromatic rings. The highest BCUT2D eigenvalue weighted by atomic mass is 19.3. The van der Waals surface area contributed by atoms with Crippen molar-refractivity contribution in [2.75, 3.05) is 19.8 Å². The van der Waals surface area contributed by atoms with Gasteiger partial charge >= 0.3 is 13.2 Å². The van der Waals surface area contributed by atoms with Crippen molar-refractivity contribution in [3.8, 4) is 11.6 Å². The van der Waals surface area contributed by atoms with Crippen molar-refractivity contribution >= 4 is 5.91 Å². The van der Waals surface area contributed by atoms with E-state index in [1.165, 1.54) is 10.7 Å². The largest absolute Gasteiger partial charge is 0.491 e. The average Bonchev–Trinajstić information content (AvgIpc) is 3.32. The van der Waals surface area contributed by atoms with Crippen LogP contribution in [0.5, 0.6) is 11.6 Å². The van der Waals surface area contributed by atoms with Crippen molar-refractivity contribution in [3.05, 3.63) is 41.1 Å². The molecule has 0 spiro atoms. The van der Waals surface area contributed by atoms with Gasteiger partial charge in [0.1, 0.15) is 18.5 Å². The minimum Gasteiger partial charge on any atom is -0.491 e. The Balaban J connectivity index is 1.28. The first-order valence-electron chi connectivity index (χ1n) is 10.5. The maximum Gasteiger partial charge on any atom is 0.345 e. The molecule has 0 saturated heterocycles. The van der Waals surface area contributed by atoms with E-state index in [1.807, 2.05) is 6.07 Å². The van der Waals surface area contributed by atoms with E-state index in [0.29, 0.717) is 31.0 Å². The minimum absolute atomic E-state index is 0.0926. The van der Waals surface area contributed by atoms with Gasteiger partial charge in [0.25, 0.3) is 5.91 Å². The van der Waals surface area contributed by atoms with Gasteiger partial charge in [-0.3, -0.25) is 4.79 Å². The molecule has 0 unspecified atom stereocenters. The molecule has 180 valence electrons. The number of carbonyl (C=O) groups is 1. The van der Waals surface area contributed by atoms with Gasteiger partial charge in [0.2, 0.25) is 5.88 Å². The number of alkyl halides is 4. The molecule has 12 heteroatoms. The Morgan fingerprint density at radius 3 is 2.73 bits per heavy atom. The van der Waals surface area contributed by atoms with E-state index in [2.05, 4.69) is 19.9 Å². The van der Waals surface area contributed by atoms with Gasteiger partial charge in [-0.15, -0.1) is 0 Å². The lowest BCUT2D eigenvalue weighted by atomic mass is 9.99. The molecule has 2 atom stereocenters. The molecule has 2 aliphatic rings. The zero-order valence-corrected chi connectivity index (χ0v) is 17.5. The van der Waals surface area contributed by atoms with Gasteiger partial charge in [0.05, 0.1) is 25.8 Å². The number of hydrogen-bond donors (Lipinski definition) is 1. The van der Waals surface area contributed by atoms with Gasteiger partial charge in [0, 0.05) is 12.5 Å². The number of benzene rings is 1. The van der Waals surface area contributed by atoms with Crippen LogP contribution in [0.25, 0.3) is 0 Å². The van der Waals surface area contributed by atoms with Gasteiger partial charge < -0.3 is 24.3 Å². The lowest BCUT2D eigenvalue weighted by Crippen LogP contribution is -2.43.